The van der Waals surface area contributed by atoms with E-state index < -0.39 is 0 Å². The van der Waals surface area contributed by atoms with Crippen molar-refractivity contribution in [2.75, 3.05) is 11.5 Å². The second kappa shape index (κ2) is 5.60. The number of nitro groups is 1. The van der Waals surface area contributed by atoms with Crippen LogP contribution in [-0.4, -0.2) is 10.7 Å². The van der Waals surface area contributed by atoms with E-state index in [0.717, 1.165) is 18.6 Å². The molecule has 1 aromatic carbocycles. The third-order valence-electron chi connectivity index (χ3n) is 1.94. The standard InChI is InChI=1S/C10H14N2O2S/c1-2-3-6-15-10-7-8(11)4-5-9(10)12(13)14/h4-5,7H,2-3,6,11H2,1H3. The quantitative estimate of drug-likeness (QED) is 0.275. The molecule has 82 valence electrons. The van der Waals surface area contributed by atoms with Gasteiger partial charge in [0.25, 0.3) is 5.69 Å². The van der Waals surface area contributed by atoms with Crippen LogP contribution in [0.1, 0.15) is 19.8 Å². The summed E-state index contributed by atoms with van der Waals surface area (Å²) in [5, 5.41) is 10.7. The van der Waals surface area contributed by atoms with Crippen LogP contribution in [0.15, 0.2) is 23.1 Å². The molecule has 0 spiro atoms. The first-order valence-electron chi connectivity index (χ1n) is 4.82. The fourth-order valence-electron chi connectivity index (χ4n) is 1.12. The Morgan fingerprint density at radius 1 is 1.53 bits per heavy atom. The summed E-state index contributed by atoms with van der Waals surface area (Å²) in [6.07, 6.45) is 2.14. The molecule has 15 heavy (non-hydrogen) atoms. The number of thioether (sulfide) groups is 1. The summed E-state index contributed by atoms with van der Waals surface area (Å²) in [5.74, 6) is 0.890. The van der Waals surface area contributed by atoms with Crippen LogP contribution in [0.2, 0.25) is 0 Å². The normalized spacial score (nSPS) is 10.2. The minimum atomic E-state index is -0.367. The van der Waals surface area contributed by atoms with Crippen molar-refractivity contribution in [1.29, 1.82) is 0 Å². The average molecular weight is 226 g/mol. The first kappa shape index (κ1) is 11.8. The Kier molecular flexibility index (Phi) is 4.42. The smallest absolute Gasteiger partial charge is 0.283 e. The highest BCUT2D eigenvalue weighted by Gasteiger charge is 2.13. The largest absolute Gasteiger partial charge is 0.399 e. The highest BCUT2D eigenvalue weighted by Crippen LogP contribution is 2.31. The molecule has 0 unspecified atom stereocenters. The molecule has 0 amide bonds. The van der Waals surface area contributed by atoms with Gasteiger partial charge in [0.05, 0.1) is 9.82 Å². The van der Waals surface area contributed by atoms with Gasteiger partial charge in [0.2, 0.25) is 0 Å². The van der Waals surface area contributed by atoms with E-state index in [4.69, 9.17) is 5.73 Å². The lowest BCUT2D eigenvalue weighted by molar-refractivity contribution is -0.387. The Balaban J connectivity index is 2.82. The Hall–Kier alpha value is -1.23. The first-order valence-corrected chi connectivity index (χ1v) is 5.80. The van der Waals surface area contributed by atoms with Gasteiger partial charge in [-0.2, -0.15) is 0 Å². The number of benzene rings is 1. The van der Waals surface area contributed by atoms with Crippen LogP contribution in [0.5, 0.6) is 0 Å². The number of unbranched alkanes of at least 4 members (excludes halogenated alkanes) is 1. The maximum Gasteiger partial charge on any atom is 0.283 e. The van der Waals surface area contributed by atoms with Gasteiger partial charge in [0.1, 0.15) is 0 Å². The number of nitrogen functional groups attached to an aromatic ring is 1. The molecule has 0 bridgehead atoms. The molecule has 0 saturated carbocycles. The van der Waals surface area contributed by atoms with Crippen LogP contribution >= 0.6 is 11.8 Å². The summed E-state index contributed by atoms with van der Waals surface area (Å²) in [6, 6.07) is 4.68. The predicted molar refractivity (Wildman–Crippen MR) is 63.1 cm³/mol. The van der Waals surface area contributed by atoms with Crippen molar-refractivity contribution in [2.24, 2.45) is 0 Å². The second-order valence-electron chi connectivity index (χ2n) is 3.19. The molecule has 0 aliphatic rings. The van der Waals surface area contributed by atoms with Gasteiger partial charge in [0, 0.05) is 11.8 Å². The molecule has 0 aliphatic heterocycles. The maximum atomic E-state index is 10.7. The number of anilines is 1. The lowest BCUT2D eigenvalue weighted by Gasteiger charge is -2.03. The lowest BCUT2D eigenvalue weighted by atomic mass is 10.3. The molecular weight excluding hydrogens is 212 g/mol. The summed E-state index contributed by atoms with van der Waals surface area (Å²) in [6.45, 7) is 2.09. The zero-order valence-corrected chi connectivity index (χ0v) is 9.42. The minimum absolute atomic E-state index is 0.144. The van der Waals surface area contributed by atoms with E-state index in [-0.39, 0.29) is 10.6 Å². The van der Waals surface area contributed by atoms with E-state index in [1.807, 2.05) is 0 Å². The predicted octanol–water partition coefficient (Wildman–Crippen LogP) is 3.07. The highest BCUT2D eigenvalue weighted by atomic mass is 32.2. The molecule has 0 aromatic heterocycles. The second-order valence-corrected chi connectivity index (χ2v) is 4.32. The number of nitro benzene ring substituents is 1. The average Bonchev–Trinajstić information content (AvgIpc) is 2.18. The van der Waals surface area contributed by atoms with Crippen molar-refractivity contribution in [3.8, 4) is 0 Å². The van der Waals surface area contributed by atoms with Crippen molar-refractivity contribution in [1.82, 2.24) is 0 Å². The molecule has 5 heteroatoms. The number of hydrogen-bond acceptors (Lipinski definition) is 4. The number of nitrogens with zero attached hydrogens (tertiary/aromatic N) is 1. The Bertz CT molecular complexity index is 355. The van der Waals surface area contributed by atoms with E-state index in [9.17, 15) is 10.1 Å². The first-order chi connectivity index (χ1) is 7.15. The van der Waals surface area contributed by atoms with Crippen LogP contribution in [0.4, 0.5) is 11.4 Å². The zero-order chi connectivity index (χ0) is 11.3. The monoisotopic (exact) mass is 226 g/mol. The third-order valence-corrected chi connectivity index (χ3v) is 3.07. The van der Waals surface area contributed by atoms with Crippen molar-refractivity contribution >= 4 is 23.1 Å². The molecule has 0 heterocycles. The Morgan fingerprint density at radius 2 is 2.27 bits per heavy atom. The number of hydrogen-bond donors (Lipinski definition) is 1. The van der Waals surface area contributed by atoms with Gasteiger partial charge in [-0.3, -0.25) is 10.1 Å². The summed E-state index contributed by atoms with van der Waals surface area (Å²) in [7, 11) is 0. The number of rotatable bonds is 5. The minimum Gasteiger partial charge on any atom is -0.399 e. The molecule has 0 atom stereocenters. The molecule has 4 nitrogen and oxygen atoms in total. The van der Waals surface area contributed by atoms with Crippen molar-refractivity contribution < 1.29 is 4.92 Å². The summed E-state index contributed by atoms with van der Waals surface area (Å²) in [4.78, 5) is 11.0. The number of nitrogens with two attached hydrogens (primary N) is 1. The van der Waals surface area contributed by atoms with Crippen molar-refractivity contribution in [3.05, 3.63) is 28.3 Å². The van der Waals surface area contributed by atoms with Gasteiger partial charge in [-0.15, -0.1) is 11.8 Å². The molecule has 1 rings (SSSR count). The van der Waals surface area contributed by atoms with Crippen LogP contribution < -0.4 is 5.73 Å². The van der Waals surface area contributed by atoms with Gasteiger partial charge < -0.3 is 5.73 Å². The molecular formula is C10H14N2O2S. The van der Waals surface area contributed by atoms with Gasteiger partial charge >= 0.3 is 0 Å². The third kappa shape index (κ3) is 3.43. The molecule has 1 aromatic rings. The van der Waals surface area contributed by atoms with Crippen LogP contribution in [-0.2, 0) is 0 Å². The van der Waals surface area contributed by atoms with E-state index in [1.54, 1.807) is 12.1 Å². The van der Waals surface area contributed by atoms with E-state index in [1.165, 1.54) is 17.8 Å². The molecule has 0 saturated heterocycles. The van der Waals surface area contributed by atoms with Gasteiger partial charge in [-0.1, -0.05) is 13.3 Å². The Morgan fingerprint density at radius 3 is 2.87 bits per heavy atom. The Labute approximate surface area is 93.0 Å². The molecule has 0 aliphatic carbocycles. The fourth-order valence-corrected chi connectivity index (χ4v) is 2.29. The van der Waals surface area contributed by atoms with Gasteiger partial charge in [-0.25, -0.2) is 0 Å². The summed E-state index contributed by atoms with van der Waals surface area (Å²) < 4.78 is 0. The molecule has 0 radical (unpaired) electrons. The fraction of sp³-hybridized carbons (Fsp3) is 0.400. The van der Waals surface area contributed by atoms with E-state index in [2.05, 4.69) is 6.92 Å². The van der Waals surface area contributed by atoms with Gasteiger partial charge in [0.15, 0.2) is 0 Å². The van der Waals surface area contributed by atoms with E-state index in [0.29, 0.717) is 10.6 Å². The van der Waals surface area contributed by atoms with Crippen molar-refractivity contribution in [2.45, 2.75) is 24.7 Å². The molecule has 0 fully saturated rings. The van der Waals surface area contributed by atoms with Crippen molar-refractivity contribution in [3.63, 3.8) is 0 Å². The SMILES string of the molecule is CCCCSc1cc(N)ccc1[N+](=O)[O-]. The maximum absolute atomic E-state index is 10.7. The molecule has 2 N–H and O–H groups in total. The summed E-state index contributed by atoms with van der Waals surface area (Å²) in [5.41, 5.74) is 6.31. The van der Waals surface area contributed by atoms with Crippen LogP contribution in [0, 0.1) is 10.1 Å². The van der Waals surface area contributed by atoms with Crippen LogP contribution in [0.3, 0.4) is 0 Å². The summed E-state index contributed by atoms with van der Waals surface area (Å²) >= 11 is 1.49. The van der Waals surface area contributed by atoms with E-state index >= 15 is 0 Å². The van der Waals surface area contributed by atoms with Crippen LogP contribution in [0.25, 0.3) is 0 Å². The topological polar surface area (TPSA) is 69.2 Å². The highest BCUT2D eigenvalue weighted by molar-refractivity contribution is 7.99. The zero-order valence-electron chi connectivity index (χ0n) is 8.60. The lowest BCUT2D eigenvalue weighted by Crippen LogP contribution is -1.93. The van der Waals surface area contributed by atoms with Gasteiger partial charge in [-0.05, 0) is 24.3 Å².